The molecule has 0 bridgehead atoms. The minimum atomic E-state index is -4.76. The topological polar surface area (TPSA) is 38.0 Å². The summed E-state index contributed by atoms with van der Waals surface area (Å²) in [4.78, 5) is 0. The monoisotopic (exact) mass is 258 g/mol. The fraction of sp³-hybridized carbons (Fsp3) is 0.333. The number of nitrogens with two attached hydrogens (primary N) is 1. The third-order valence-corrected chi connectivity index (χ3v) is 2.04. The van der Waals surface area contributed by atoms with Crippen molar-refractivity contribution in [1.82, 2.24) is 5.43 Å². The predicted octanol–water partition coefficient (Wildman–Crippen LogP) is 2.77. The van der Waals surface area contributed by atoms with E-state index in [1.165, 1.54) is 5.43 Å². The molecule has 8 heteroatoms. The zero-order valence-electron chi connectivity index (χ0n) is 8.23. The molecule has 0 spiro atoms. The van der Waals surface area contributed by atoms with Gasteiger partial charge in [0, 0.05) is 0 Å². The molecule has 0 aliphatic rings. The van der Waals surface area contributed by atoms with Gasteiger partial charge in [-0.2, -0.15) is 26.3 Å². The highest BCUT2D eigenvalue weighted by Gasteiger charge is 2.41. The van der Waals surface area contributed by atoms with E-state index in [2.05, 4.69) is 0 Å². The van der Waals surface area contributed by atoms with Crippen molar-refractivity contribution in [3.05, 3.63) is 35.4 Å². The van der Waals surface area contributed by atoms with Crippen molar-refractivity contribution in [1.29, 1.82) is 0 Å². The number of alkyl halides is 6. The molecule has 0 aliphatic heterocycles. The molecule has 1 atom stereocenters. The van der Waals surface area contributed by atoms with Crippen LogP contribution in [0.2, 0.25) is 0 Å². The Labute approximate surface area is 92.4 Å². The van der Waals surface area contributed by atoms with Gasteiger partial charge < -0.3 is 0 Å². The van der Waals surface area contributed by atoms with Crippen molar-refractivity contribution in [2.45, 2.75) is 18.4 Å². The van der Waals surface area contributed by atoms with E-state index < -0.39 is 29.5 Å². The molecule has 0 radical (unpaired) electrons. The van der Waals surface area contributed by atoms with Gasteiger partial charge in [-0.3, -0.25) is 5.84 Å². The van der Waals surface area contributed by atoms with Gasteiger partial charge in [-0.05, 0) is 17.7 Å². The summed E-state index contributed by atoms with van der Waals surface area (Å²) in [5, 5.41) is 0. The Morgan fingerprint density at radius 1 is 1.06 bits per heavy atom. The highest BCUT2D eigenvalue weighted by Crippen LogP contribution is 2.35. The lowest BCUT2D eigenvalue weighted by Crippen LogP contribution is -2.38. The first-order valence-corrected chi connectivity index (χ1v) is 4.36. The molecule has 0 heterocycles. The Hall–Kier alpha value is -1.28. The van der Waals surface area contributed by atoms with Crippen molar-refractivity contribution in [3.63, 3.8) is 0 Å². The van der Waals surface area contributed by atoms with Gasteiger partial charge in [0.05, 0.1) is 5.56 Å². The number of hydrogen-bond acceptors (Lipinski definition) is 2. The van der Waals surface area contributed by atoms with Crippen LogP contribution in [0.1, 0.15) is 17.2 Å². The van der Waals surface area contributed by atoms with Crippen LogP contribution in [0, 0.1) is 0 Å². The molecule has 17 heavy (non-hydrogen) atoms. The minimum absolute atomic E-state index is 0.415. The number of benzene rings is 1. The van der Waals surface area contributed by atoms with Gasteiger partial charge in [0.25, 0.3) is 0 Å². The summed E-state index contributed by atoms with van der Waals surface area (Å²) in [6, 6.07) is 0.595. The molecule has 0 unspecified atom stereocenters. The second kappa shape index (κ2) is 4.53. The summed E-state index contributed by atoms with van der Waals surface area (Å²) < 4.78 is 74.1. The van der Waals surface area contributed by atoms with Crippen LogP contribution in [0.15, 0.2) is 24.3 Å². The Bertz CT molecular complexity index is 384. The van der Waals surface area contributed by atoms with E-state index in [0.29, 0.717) is 12.1 Å². The van der Waals surface area contributed by atoms with Gasteiger partial charge in [0.15, 0.2) is 0 Å². The Balaban J connectivity index is 3.15. The van der Waals surface area contributed by atoms with Crippen LogP contribution in [0.3, 0.4) is 0 Å². The summed E-state index contributed by atoms with van der Waals surface area (Å²) in [6.45, 7) is 0. The predicted molar refractivity (Wildman–Crippen MR) is 47.6 cm³/mol. The van der Waals surface area contributed by atoms with Crippen LogP contribution in [0.25, 0.3) is 0 Å². The molecule has 0 aliphatic carbocycles. The fourth-order valence-corrected chi connectivity index (χ4v) is 1.27. The first kappa shape index (κ1) is 13.8. The van der Waals surface area contributed by atoms with Crippen LogP contribution in [-0.2, 0) is 6.18 Å². The van der Waals surface area contributed by atoms with Gasteiger partial charge in [-0.15, -0.1) is 0 Å². The van der Waals surface area contributed by atoms with E-state index in [-0.39, 0.29) is 0 Å². The molecule has 3 N–H and O–H groups in total. The second-order valence-corrected chi connectivity index (χ2v) is 3.26. The summed E-state index contributed by atoms with van der Waals surface area (Å²) in [7, 11) is 0. The Morgan fingerprint density at radius 2 is 1.65 bits per heavy atom. The smallest absolute Gasteiger partial charge is 0.271 e. The number of hydrazine groups is 1. The number of rotatable bonds is 2. The maximum absolute atomic E-state index is 12.4. The molecule has 1 rings (SSSR count). The molecule has 0 amide bonds. The van der Waals surface area contributed by atoms with Crippen molar-refractivity contribution in [2.75, 3.05) is 0 Å². The summed E-state index contributed by atoms with van der Waals surface area (Å²) in [5.41, 5.74) is -0.297. The Morgan fingerprint density at radius 3 is 2.06 bits per heavy atom. The molecule has 96 valence electrons. The Kier molecular flexibility index (Phi) is 3.68. The lowest BCUT2D eigenvalue weighted by molar-refractivity contribution is -0.158. The third-order valence-electron chi connectivity index (χ3n) is 2.04. The molecule has 2 nitrogen and oxygen atoms in total. The van der Waals surface area contributed by atoms with E-state index in [0.717, 1.165) is 12.1 Å². The standard InChI is InChI=1S/C9H8F6N2/c10-8(11,12)6-3-1-2-5(4-6)7(17-16)9(13,14)15/h1-4,7,17H,16H2/t7-/m0/s1. The van der Waals surface area contributed by atoms with Crippen molar-refractivity contribution in [2.24, 2.45) is 5.84 Å². The minimum Gasteiger partial charge on any atom is -0.271 e. The maximum atomic E-state index is 12.4. The molecule has 0 saturated heterocycles. The highest BCUT2D eigenvalue weighted by molar-refractivity contribution is 5.28. The van der Waals surface area contributed by atoms with Crippen LogP contribution >= 0.6 is 0 Å². The number of halogens is 6. The first-order chi connectivity index (χ1) is 7.66. The van der Waals surface area contributed by atoms with E-state index in [1.807, 2.05) is 0 Å². The molecular formula is C9H8F6N2. The highest BCUT2D eigenvalue weighted by atomic mass is 19.4. The number of hydrogen-bond donors (Lipinski definition) is 2. The lowest BCUT2D eigenvalue weighted by Gasteiger charge is -2.20. The van der Waals surface area contributed by atoms with E-state index in [4.69, 9.17) is 5.84 Å². The van der Waals surface area contributed by atoms with E-state index >= 15 is 0 Å². The molecule has 1 aromatic carbocycles. The lowest BCUT2D eigenvalue weighted by atomic mass is 10.0. The van der Waals surface area contributed by atoms with Crippen molar-refractivity contribution >= 4 is 0 Å². The van der Waals surface area contributed by atoms with Crippen LogP contribution in [0.5, 0.6) is 0 Å². The summed E-state index contributed by atoms with van der Waals surface area (Å²) >= 11 is 0. The SMILES string of the molecule is NN[C@@H](c1cccc(C(F)(F)F)c1)C(F)(F)F. The largest absolute Gasteiger partial charge is 0.416 e. The van der Waals surface area contributed by atoms with E-state index in [9.17, 15) is 26.3 Å². The average molecular weight is 258 g/mol. The van der Waals surface area contributed by atoms with Gasteiger partial charge in [0.2, 0.25) is 0 Å². The van der Waals surface area contributed by atoms with Gasteiger partial charge >= 0.3 is 12.4 Å². The molecule has 0 fully saturated rings. The molecule has 0 aromatic heterocycles. The zero-order valence-corrected chi connectivity index (χ0v) is 8.23. The maximum Gasteiger partial charge on any atom is 0.416 e. The van der Waals surface area contributed by atoms with Crippen molar-refractivity contribution < 1.29 is 26.3 Å². The van der Waals surface area contributed by atoms with Gasteiger partial charge in [0.1, 0.15) is 6.04 Å². The van der Waals surface area contributed by atoms with E-state index in [1.54, 1.807) is 0 Å². The summed E-state index contributed by atoms with van der Waals surface area (Å²) in [5.74, 6) is 4.70. The van der Waals surface area contributed by atoms with Gasteiger partial charge in [-0.1, -0.05) is 12.1 Å². The molecular weight excluding hydrogens is 250 g/mol. The summed E-state index contributed by atoms with van der Waals surface area (Å²) in [6.07, 6.45) is -9.46. The zero-order chi connectivity index (χ0) is 13.3. The molecule has 1 aromatic rings. The first-order valence-electron chi connectivity index (χ1n) is 4.36. The van der Waals surface area contributed by atoms with Crippen LogP contribution in [0.4, 0.5) is 26.3 Å². The molecule has 0 saturated carbocycles. The van der Waals surface area contributed by atoms with Crippen molar-refractivity contribution in [3.8, 4) is 0 Å². The van der Waals surface area contributed by atoms with Gasteiger partial charge in [-0.25, -0.2) is 5.43 Å². The third kappa shape index (κ3) is 3.34. The fourth-order valence-electron chi connectivity index (χ4n) is 1.27. The number of nitrogens with one attached hydrogen (secondary N) is 1. The van der Waals surface area contributed by atoms with Crippen LogP contribution < -0.4 is 11.3 Å². The average Bonchev–Trinajstić information content (AvgIpc) is 2.15. The van der Waals surface area contributed by atoms with Crippen LogP contribution in [-0.4, -0.2) is 6.18 Å². The normalized spacial score (nSPS) is 14.8. The second-order valence-electron chi connectivity index (χ2n) is 3.26. The quantitative estimate of drug-likeness (QED) is 0.486.